The van der Waals surface area contributed by atoms with E-state index in [0.717, 1.165) is 5.56 Å². The number of nitrogens with zero attached hydrogens (tertiary/aromatic N) is 5. The molecule has 0 saturated carbocycles. The van der Waals surface area contributed by atoms with E-state index in [2.05, 4.69) is 248 Å². The average molecular weight is 984 g/mol. The van der Waals surface area contributed by atoms with Crippen LogP contribution in [0.3, 0.4) is 0 Å². The maximum absolute atomic E-state index is 4.87. The van der Waals surface area contributed by atoms with Crippen LogP contribution in [-0.4, -0.2) is 30.8 Å². The summed E-state index contributed by atoms with van der Waals surface area (Å²) in [4.78, 5) is 14.1. The maximum Gasteiger partial charge on any atom is 0.252 e. The van der Waals surface area contributed by atoms with Gasteiger partial charge in [-0.2, -0.15) is 0 Å². The van der Waals surface area contributed by atoms with Crippen LogP contribution < -0.4 is 16.4 Å². The highest BCUT2D eigenvalue weighted by molar-refractivity contribution is 7.00. The summed E-state index contributed by atoms with van der Waals surface area (Å²) in [7, 11) is 0. The lowest BCUT2D eigenvalue weighted by atomic mass is 9.34. The van der Waals surface area contributed by atoms with Crippen molar-refractivity contribution in [3.05, 3.63) is 155 Å². The van der Waals surface area contributed by atoms with E-state index in [1.165, 1.54) is 127 Å². The van der Waals surface area contributed by atoms with Crippen molar-refractivity contribution in [2.45, 2.75) is 157 Å². The van der Waals surface area contributed by atoms with E-state index in [-0.39, 0.29) is 39.2 Å². The van der Waals surface area contributed by atoms with Gasteiger partial charge in [0.15, 0.2) is 5.82 Å². The van der Waals surface area contributed by atoms with E-state index >= 15 is 0 Å². The summed E-state index contributed by atoms with van der Waals surface area (Å²) in [5.41, 5.74) is 24.9. The van der Waals surface area contributed by atoms with Crippen molar-refractivity contribution in [2.24, 2.45) is 0 Å². The molecule has 2 aliphatic heterocycles. The van der Waals surface area contributed by atoms with Crippen LogP contribution >= 0.6 is 0 Å². The number of benzene rings is 7. The summed E-state index contributed by atoms with van der Waals surface area (Å²) >= 11 is 0. The summed E-state index contributed by atoms with van der Waals surface area (Å²) < 4.78 is 5.31. The van der Waals surface area contributed by atoms with Gasteiger partial charge in [0.1, 0.15) is 12.7 Å². The number of hydrogen-bond acceptors (Lipinski definition) is 3. The van der Waals surface area contributed by atoms with E-state index < -0.39 is 0 Å². The minimum atomic E-state index is -0.152. The molecule has 6 heteroatoms. The molecule has 0 N–H and O–H groups in total. The van der Waals surface area contributed by atoms with Crippen LogP contribution in [0.1, 0.15) is 158 Å². The third-order valence-corrected chi connectivity index (χ3v) is 16.8. The van der Waals surface area contributed by atoms with Gasteiger partial charge in [-0.3, -0.25) is 0 Å². The second-order valence-electron chi connectivity index (χ2n) is 28.4. The molecule has 0 amide bonds. The summed E-state index contributed by atoms with van der Waals surface area (Å²) in [5.74, 6) is 0.664. The molecule has 0 bridgehead atoms. The minimum absolute atomic E-state index is 0.0407. The highest BCUT2D eigenvalue weighted by Gasteiger charge is 2.43. The number of fused-ring (bicyclic) bond motifs is 10. The predicted molar refractivity (Wildman–Crippen MR) is 322 cm³/mol. The summed E-state index contributed by atoms with van der Waals surface area (Å²) in [6.45, 7) is 42.2. The van der Waals surface area contributed by atoms with Crippen LogP contribution in [0.4, 0.5) is 0 Å². The quantitative estimate of drug-likeness (QED) is 0.166. The van der Waals surface area contributed by atoms with Gasteiger partial charge >= 0.3 is 0 Å². The van der Waals surface area contributed by atoms with Gasteiger partial charge in [0.25, 0.3) is 6.71 Å². The monoisotopic (exact) mass is 984 g/mol. The Balaban J connectivity index is 1.33. The largest absolute Gasteiger partial charge is 0.310 e. The Morgan fingerprint density at radius 2 is 0.733 bits per heavy atom. The second-order valence-corrected chi connectivity index (χ2v) is 28.4. The van der Waals surface area contributed by atoms with Crippen molar-refractivity contribution in [1.82, 2.24) is 24.1 Å². The third-order valence-electron chi connectivity index (χ3n) is 16.8. The lowest BCUT2D eigenvalue weighted by Gasteiger charge is -2.35. The van der Waals surface area contributed by atoms with Gasteiger partial charge in [0, 0.05) is 49.5 Å². The molecule has 0 aliphatic carbocycles. The highest BCUT2D eigenvalue weighted by atomic mass is 15.0. The Kier molecular flexibility index (Phi) is 10.4. The number of hydrogen-bond donors (Lipinski definition) is 0. The molecular formula is C69H74BN5. The molecule has 3 aromatic heterocycles. The van der Waals surface area contributed by atoms with Gasteiger partial charge in [-0.05, 0) is 141 Å². The van der Waals surface area contributed by atoms with E-state index in [9.17, 15) is 0 Å². The van der Waals surface area contributed by atoms with Gasteiger partial charge in [0.05, 0.1) is 11.0 Å². The predicted octanol–water partition coefficient (Wildman–Crippen LogP) is 16.0. The molecule has 0 atom stereocenters. The molecule has 0 spiro atoms. The maximum atomic E-state index is 4.87. The molecule has 2 aliphatic rings. The molecule has 378 valence electrons. The molecule has 5 heterocycles. The normalized spacial score (nSPS) is 14.0. The van der Waals surface area contributed by atoms with Crippen molar-refractivity contribution in [3.63, 3.8) is 0 Å². The lowest BCUT2D eigenvalue weighted by molar-refractivity contribution is 0.572. The second kappa shape index (κ2) is 15.9. The fourth-order valence-corrected chi connectivity index (χ4v) is 12.5. The minimum Gasteiger partial charge on any atom is -0.310 e. The van der Waals surface area contributed by atoms with Crippen LogP contribution in [-0.2, 0) is 32.5 Å². The van der Waals surface area contributed by atoms with Crippen molar-refractivity contribution in [3.8, 4) is 45.0 Å². The van der Waals surface area contributed by atoms with Crippen molar-refractivity contribution in [1.29, 1.82) is 0 Å². The Morgan fingerprint density at radius 3 is 1.08 bits per heavy atom. The Hall–Kier alpha value is -6.79. The van der Waals surface area contributed by atoms with Gasteiger partial charge in [0.2, 0.25) is 0 Å². The molecule has 7 aromatic carbocycles. The Labute approximate surface area is 446 Å². The first-order valence-corrected chi connectivity index (χ1v) is 27.4. The van der Waals surface area contributed by atoms with Crippen LogP contribution in [0.2, 0.25) is 0 Å². The molecule has 0 fully saturated rings. The fraction of sp³-hybridized carbons (Fsp3) is 0.348. The average Bonchev–Trinajstić information content (AvgIpc) is 4.00. The Morgan fingerprint density at radius 1 is 0.360 bits per heavy atom. The highest BCUT2D eigenvalue weighted by Crippen LogP contribution is 2.48. The molecule has 12 rings (SSSR count). The zero-order chi connectivity index (χ0) is 53.4. The van der Waals surface area contributed by atoms with E-state index in [1.807, 2.05) is 0 Å². The lowest BCUT2D eigenvalue weighted by Crippen LogP contribution is -2.59. The first-order chi connectivity index (χ1) is 35.0. The van der Waals surface area contributed by atoms with E-state index in [0.29, 0.717) is 5.82 Å². The van der Waals surface area contributed by atoms with Gasteiger partial charge in [-0.15, -0.1) is 0 Å². The van der Waals surface area contributed by atoms with Gasteiger partial charge < -0.3 is 9.13 Å². The third kappa shape index (κ3) is 7.66. The first kappa shape index (κ1) is 49.1. The SMILES string of the molecule is CC(C)(C)c1ccc(-c2cc3c4c(c2)c2c(C(C)(C)C)cc(C(C)(C)C)cc2n4-c2cc(-c4ncncn4)cc4c2B3c2cc(-c3ccc(C(C)(C)C)cc3)cc3c5c(C(C)(C)C)cc(C(C)(C)C)cc5n-4c23)cc1. The smallest absolute Gasteiger partial charge is 0.252 e. The van der Waals surface area contributed by atoms with Crippen LogP contribution in [0.25, 0.3) is 88.6 Å². The van der Waals surface area contributed by atoms with Crippen LogP contribution in [0, 0.1) is 0 Å². The molecule has 0 saturated heterocycles. The standard InChI is InChI=1S/C69H74BN5/c1-64(2,3)44-23-19-39(20-24-44)41-27-48-58-50(68(13,14)15)33-46(66(7,8)9)35-54(58)74-56-31-43(63-72-37-71-38-73-63)32-57-60(56)70(52(29-41)61(48)74)53-30-42(40-21-25-45(26-22-40)65(4,5)6)28-49-59-51(69(16,17)18)34-47(67(10,11)12)36-55(59)75(57)62(49)53/h19-38H,1-18H3. The van der Waals surface area contributed by atoms with Crippen LogP contribution in [0.15, 0.2) is 122 Å². The van der Waals surface area contributed by atoms with Crippen molar-refractivity contribution < 1.29 is 0 Å². The molecule has 0 unspecified atom stereocenters. The zero-order valence-electron chi connectivity index (χ0n) is 47.9. The molecular weight excluding hydrogens is 910 g/mol. The topological polar surface area (TPSA) is 48.5 Å². The zero-order valence-corrected chi connectivity index (χ0v) is 47.9. The molecule has 5 nitrogen and oxygen atoms in total. The van der Waals surface area contributed by atoms with Gasteiger partial charge in [-0.1, -0.05) is 197 Å². The molecule has 10 aromatic rings. The van der Waals surface area contributed by atoms with Crippen molar-refractivity contribution >= 4 is 66.7 Å². The van der Waals surface area contributed by atoms with Crippen LogP contribution in [0.5, 0.6) is 0 Å². The molecule has 0 radical (unpaired) electrons. The Bertz CT molecular complexity index is 3770. The molecule has 75 heavy (non-hydrogen) atoms. The fourth-order valence-electron chi connectivity index (χ4n) is 12.5. The number of rotatable bonds is 3. The summed E-state index contributed by atoms with van der Waals surface area (Å²) in [6, 6.07) is 43.8. The summed E-state index contributed by atoms with van der Waals surface area (Å²) in [5, 5.41) is 5.24. The van der Waals surface area contributed by atoms with Gasteiger partial charge in [-0.25, -0.2) is 15.0 Å². The van der Waals surface area contributed by atoms with E-state index in [4.69, 9.17) is 9.97 Å². The van der Waals surface area contributed by atoms with Crippen molar-refractivity contribution in [2.75, 3.05) is 0 Å². The summed E-state index contributed by atoms with van der Waals surface area (Å²) in [6.07, 6.45) is 3.27. The van der Waals surface area contributed by atoms with E-state index in [1.54, 1.807) is 12.7 Å². The first-order valence-electron chi connectivity index (χ1n) is 27.4. The number of aromatic nitrogens is 5.